The number of benzene rings is 2. The maximum atomic E-state index is 13.9. The molecule has 2 aromatic rings. The van der Waals surface area contributed by atoms with Crippen molar-refractivity contribution in [1.82, 2.24) is 9.62 Å². The number of amides is 1. The predicted octanol–water partition coefficient (Wildman–Crippen LogP) is 3.62. The minimum atomic E-state index is -3.41. The highest BCUT2D eigenvalue weighted by molar-refractivity contribution is 7.88. The average Bonchev–Trinajstić information content (AvgIpc) is 2.80. The van der Waals surface area contributed by atoms with Gasteiger partial charge in [-0.1, -0.05) is 44.0 Å². The molecule has 1 N–H and O–H groups in total. The van der Waals surface area contributed by atoms with Crippen molar-refractivity contribution in [2.75, 3.05) is 19.5 Å². The topological polar surface area (TPSA) is 84.9 Å². The van der Waals surface area contributed by atoms with Crippen LogP contribution in [-0.2, 0) is 10.0 Å². The van der Waals surface area contributed by atoms with E-state index in [9.17, 15) is 13.2 Å². The summed E-state index contributed by atoms with van der Waals surface area (Å²) in [7, 11) is -3.41. The molecule has 5 rings (SSSR count). The van der Waals surface area contributed by atoms with Gasteiger partial charge < -0.3 is 14.4 Å². The Hall–Kier alpha value is -2.58. The van der Waals surface area contributed by atoms with Crippen LogP contribution in [0.5, 0.6) is 11.5 Å². The fraction of sp³-hybridized carbons (Fsp3) is 0.480. The maximum absolute atomic E-state index is 13.9. The first-order valence-corrected chi connectivity index (χ1v) is 13.5. The zero-order valence-electron chi connectivity index (χ0n) is 19.0. The number of sulfonamides is 1. The van der Waals surface area contributed by atoms with Crippen molar-refractivity contribution in [1.29, 1.82) is 0 Å². The second kappa shape index (κ2) is 8.65. The van der Waals surface area contributed by atoms with Crippen molar-refractivity contribution in [3.8, 4) is 11.5 Å². The van der Waals surface area contributed by atoms with Gasteiger partial charge >= 0.3 is 0 Å². The normalized spacial score (nSPS) is 27.2. The van der Waals surface area contributed by atoms with Gasteiger partial charge in [-0.25, -0.2) is 13.1 Å². The molecule has 4 unspecified atom stereocenters. The fourth-order valence-electron chi connectivity index (χ4n) is 5.67. The molecule has 1 saturated carbocycles. The third-order valence-corrected chi connectivity index (χ3v) is 7.78. The third-order valence-electron chi connectivity index (χ3n) is 7.05. The molecular weight excluding hydrogens is 440 g/mol. The largest absolute Gasteiger partial charge is 0.486 e. The van der Waals surface area contributed by atoms with Crippen LogP contribution in [0.15, 0.2) is 42.5 Å². The summed E-state index contributed by atoms with van der Waals surface area (Å²) in [5.74, 6) is 1.38. The number of rotatable bonds is 4. The smallest absolute Gasteiger partial charge is 0.254 e. The SMILES string of the molecule is CC1c2ccccc2C(=O)N(C2CCCCC2NS(C)(=O)=O)C1c1ccc2c(c1)OCCO2. The summed E-state index contributed by atoms with van der Waals surface area (Å²) in [5.41, 5.74) is 2.68. The van der Waals surface area contributed by atoms with Crippen LogP contribution in [-0.4, -0.2) is 50.8 Å². The Morgan fingerprint density at radius 3 is 2.52 bits per heavy atom. The van der Waals surface area contributed by atoms with E-state index in [4.69, 9.17) is 9.47 Å². The van der Waals surface area contributed by atoms with Crippen molar-refractivity contribution in [3.63, 3.8) is 0 Å². The molecule has 0 radical (unpaired) electrons. The highest BCUT2D eigenvalue weighted by Gasteiger charge is 2.45. The number of hydrogen-bond donors (Lipinski definition) is 1. The van der Waals surface area contributed by atoms with E-state index in [1.165, 1.54) is 6.26 Å². The van der Waals surface area contributed by atoms with Crippen LogP contribution in [0.3, 0.4) is 0 Å². The number of fused-ring (bicyclic) bond motifs is 2. The maximum Gasteiger partial charge on any atom is 0.254 e. The first kappa shape index (κ1) is 22.2. The number of carbonyl (C=O) groups is 1. The summed E-state index contributed by atoms with van der Waals surface area (Å²) in [4.78, 5) is 15.9. The molecule has 2 aromatic carbocycles. The number of nitrogens with zero attached hydrogens (tertiary/aromatic N) is 1. The number of carbonyl (C=O) groups excluding carboxylic acids is 1. The predicted molar refractivity (Wildman–Crippen MR) is 125 cm³/mol. The molecule has 0 saturated heterocycles. The van der Waals surface area contributed by atoms with Gasteiger partial charge in [-0.2, -0.15) is 0 Å². The summed E-state index contributed by atoms with van der Waals surface area (Å²) < 4.78 is 38.6. The highest BCUT2D eigenvalue weighted by atomic mass is 32.2. The molecule has 0 bridgehead atoms. The number of hydrogen-bond acceptors (Lipinski definition) is 5. The van der Waals surface area contributed by atoms with Crippen molar-refractivity contribution < 1.29 is 22.7 Å². The summed E-state index contributed by atoms with van der Waals surface area (Å²) in [6.07, 6.45) is 4.56. The van der Waals surface area contributed by atoms with E-state index < -0.39 is 10.0 Å². The molecule has 7 nitrogen and oxygen atoms in total. The second-order valence-electron chi connectivity index (χ2n) is 9.28. The molecule has 1 aliphatic carbocycles. The molecule has 0 spiro atoms. The van der Waals surface area contributed by atoms with Crippen LogP contribution < -0.4 is 14.2 Å². The van der Waals surface area contributed by atoms with Gasteiger partial charge in [0.25, 0.3) is 5.91 Å². The lowest BCUT2D eigenvalue weighted by molar-refractivity contribution is 0.0372. The third kappa shape index (κ3) is 4.22. The lowest BCUT2D eigenvalue weighted by atomic mass is 9.78. The number of nitrogens with one attached hydrogen (secondary N) is 1. The van der Waals surface area contributed by atoms with Crippen molar-refractivity contribution in [3.05, 3.63) is 59.2 Å². The lowest BCUT2D eigenvalue weighted by Crippen LogP contribution is -2.57. The van der Waals surface area contributed by atoms with E-state index >= 15 is 0 Å². The van der Waals surface area contributed by atoms with Crippen LogP contribution in [0.2, 0.25) is 0 Å². The van der Waals surface area contributed by atoms with Gasteiger partial charge in [-0.3, -0.25) is 4.79 Å². The van der Waals surface area contributed by atoms with Gasteiger partial charge in [-0.15, -0.1) is 0 Å². The fourth-order valence-corrected chi connectivity index (χ4v) is 6.50. The summed E-state index contributed by atoms with van der Waals surface area (Å²) in [6, 6.07) is 12.9. The van der Waals surface area contributed by atoms with Gasteiger partial charge in [-0.05, 0) is 42.2 Å². The average molecular weight is 471 g/mol. The summed E-state index contributed by atoms with van der Waals surface area (Å²) >= 11 is 0. The first-order valence-electron chi connectivity index (χ1n) is 11.6. The Morgan fingerprint density at radius 1 is 1.00 bits per heavy atom. The first-order chi connectivity index (χ1) is 15.8. The lowest BCUT2D eigenvalue weighted by Gasteiger charge is -2.49. The highest BCUT2D eigenvalue weighted by Crippen LogP contribution is 2.47. The van der Waals surface area contributed by atoms with Gasteiger partial charge in [0.2, 0.25) is 10.0 Å². The molecule has 1 amide bonds. The molecule has 176 valence electrons. The van der Waals surface area contributed by atoms with E-state index in [-0.39, 0.29) is 30.0 Å². The van der Waals surface area contributed by atoms with E-state index in [1.807, 2.05) is 47.4 Å². The van der Waals surface area contributed by atoms with Crippen molar-refractivity contribution in [2.45, 2.75) is 56.7 Å². The van der Waals surface area contributed by atoms with Gasteiger partial charge in [0.05, 0.1) is 12.3 Å². The molecule has 33 heavy (non-hydrogen) atoms. The molecule has 4 atom stereocenters. The quantitative estimate of drug-likeness (QED) is 0.738. The Morgan fingerprint density at radius 2 is 1.73 bits per heavy atom. The Labute approximate surface area is 195 Å². The van der Waals surface area contributed by atoms with Gasteiger partial charge in [0.15, 0.2) is 11.5 Å². The van der Waals surface area contributed by atoms with Crippen LogP contribution in [0.1, 0.15) is 66.1 Å². The van der Waals surface area contributed by atoms with E-state index in [2.05, 4.69) is 11.6 Å². The molecule has 3 aliphatic rings. The van der Waals surface area contributed by atoms with E-state index in [0.29, 0.717) is 36.7 Å². The minimum absolute atomic E-state index is 0.0299. The van der Waals surface area contributed by atoms with Crippen molar-refractivity contribution in [2.24, 2.45) is 0 Å². The van der Waals surface area contributed by atoms with Gasteiger partial charge in [0, 0.05) is 23.6 Å². The van der Waals surface area contributed by atoms with E-state index in [1.54, 1.807) is 0 Å². The molecule has 8 heteroatoms. The Bertz CT molecular complexity index is 1170. The molecule has 0 aromatic heterocycles. The molecule has 2 heterocycles. The van der Waals surface area contributed by atoms with Crippen molar-refractivity contribution >= 4 is 15.9 Å². The monoisotopic (exact) mass is 470 g/mol. The van der Waals surface area contributed by atoms with Crippen LogP contribution in [0.25, 0.3) is 0 Å². The molecule has 2 aliphatic heterocycles. The number of ether oxygens (including phenoxy) is 2. The second-order valence-corrected chi connectivity index (χ2v) is 11.1. The summed E-state index contributed by atoms with van der Waals surface area (Å²) in [6.45, 7) is 3.15. The zero-order valence-corrected chi connectivity index (χ0v) is 19.8. The van der Waals surface area contributed by atoms with Crippen LogP contribution in [0, 0.1) is 0 Å². The van der Waals surface area contributed by atoms with Crippen LogP contribution >= 0.6 is 0 Å². The van der Waals surface area contributed by atoms with Crippen LogP contribution in [0.4, 0.5) is 0 Å². The standard InChI is InChI=1S/C25H30N2O5S/c1-16-18-7-3-4-8-19(18)25(28)27(21-10-6-5-9-20(21)26-33(2,29)30)24(16)17-11-12-22-23(15-17)32-14-13-31-22/h3-4,7-8,11-12,15-16,20-21,24,26H,5-6,9-10,13-14H2,1-2H3. The Kier molecular flexibility index (Phi) is 5.82. The van der Waals surface area contributed by atoms with Gasteiger partial charge in [0.1, 0.15) is 13.2 Å². The van der Waals surface area contributed by atoms with E-state index in [0.717, 1.165) is 30.4 Å². The Balaban J connectivity index is 1.62. The summed E-state index contributed by atoms with van der Waals surface area (Å²) in [5, 5.41) is 0. The zero-order chi connectivity index (χ0) is 23.2. The molecular formula is C25H30N2O5S. The molecule has 1 fully saturated rings. The minimum Gasteiger partial charge on any atom is -0.486 e.